The fourth-order valence-electron chi connectivity index (χ4n) is 3.75. The summed E-state index contributed by atoms with van der Waals surface area (Å²) in [4.78, 5) is 14.8. The van der Waals surface area contributed by atoms with Crippen molar-refractivity contribution in [2.75, 3.05) is 13.1 Å². The van der Waals surface area contributed by atoms with Gasteiger partial charge >= 0.3 is 0 Å². The highest BCUT2D eigenvalue weighted by Gasteiger charge is 2.31. The molecule has 9 heteroatoms. The maximum Gasteiger partial charge on any atom is 0.241 e. The number of amides is 1. The van der Waals surface area contributed by atoms with E-state index in [1.165, 1.54) is 12.1 Å². The molecule has 152 valence electrons. The van der Waals surface area contributed by atoms with Gasteiger partial charge in [0.25, 0.3) is 0 Å². The molecule has 1 saturated heterocycles. The van der Waals surface area contributed by atoms with Gasteiger partial charge in [-0.05, 0) is 44.0 Å². The third-order valence-corrected chi connectivity index (χ3v) is 6.75. The van der Waals surface area contributed by atoms with Crippen LogP contribution in [-0.4, -0.2) is 53.0 Å². The first-order valence-electron chi connectivity index (χ1n) is 9.61. The molecule has 0 radical (unpaired) electrons. The Morgan fingerprint density at radius 1 is 1.14 bits per heavy atom. The highest BCUT2D eigenvalue weighted by molar-refractivity contribution is 7.89. The molecule has 2 aromatic heterocycles. The van der Waals surface area contributed by atoms with Crippen molar-refractivity contribution in [1.82, 2.24) is 24.2 Å². The Labute approximate surface area is 169 Å². The van der Waals surface area contributed by atoms with Gasteiger partial charge in [0.2, 0.25) is 15.9 Å². The quantitative estimate of drug-likeness (QED) is 0.688. The number of pyridine rings is 1. The molecule has 1 aliphatic heterocycles. The van der Waals surface area contributed by atoms with Gasteiger partial charge in [-0.15, -0.1) is 10.2 Å². The molecule has 29 heavy (non-hydrogen) atoms. The fourth-order valence-corrected chi connectivity index (χ4v) is 4.97. The minimum atomic E-state index is -3.75. The fraction of sp³-hybridized carbons (Fsp3) is 0.350. The maximum absolute atomic E-state index is 12.9. The molecule has 1 amide bonds. The second-order valence-corrected chi connectivity index (χ2v) is 8.98. The molecule has 8 nitrogen and oxygen atoms in total. The summed E-state index contributed by atoms with van der Waals surface area (Å²) in [6.07, 6.45) is 3.65. The molecule has 2 unspecified atom stereocenters. The molecule has 0 spiro atoms. The number of rotatable bonds is 5. The summed E-state index contributed by atoms with van der Waals surface area (Å²) in [7, 11) is -3.75. The normalized spacial score (nSPS) is 18.7. The molecule has 2 atom stereocenters. The summed E-state index contributed by atoms with van der Waals surface area (Å²) in [6.45, 7) is 2.67. The van der Waals surface area contributed by atoms with Crippen LogP contribution in [0.1, 0.15) is 31.5 Å². The van der Waals surface area contributed by atoms with Crippen LogP contribution in [0, 0.1) is 0 Å². The molecular weight excluding hydrogens is 390 g/mol. The van der Waals surface area contributed by atoms with Gasteiger partial charge in [-0.3, -0.25) is 9.20 Å². The topological polar surface area (TPSA) is 96.7 Å². The van der Waals surface area contributed by atoms with Gasteiger partial charge in [0.05, 0.1) is 10.9 Å². The molecule has 3 heterocycles. The molecule has 3 aromatic rings. The second kappa shape index (κ2) is 7.92. The summed E-state index contributed by atoms with van der Waals surface area (Å²) in [5, 5.41) is 8.52. The molecule has 0 aliphatic carbocycles. The van der Waals surface area contributed by atoms with Crippen molar-refractivity contribution in [1.29, 1.82) is 0 Å². The Kier molecular flexibility index (Phi) is 5.33. The number of hydrogen-bond acceptors (Lipinski definition) is 5. The van der Waals surface area contributed by atoms with Gasteiger partial charge in [-0.2, -0.15) is 4.72 Å². The van der Waals surface area contributed by atoms with Crippen LogP contribution in [0.25, 0.3) is 5.65 Å². The monoisotopic (exact) mass is 413 g/mol. The summed E-state index contributed by atoms with van der Waals surface area (Å²) in [5.41, 5.74) is 0.773. The molecule has 1 aliphatic rings. The molecule has 1 aromatic carbocycles. The van der Waals surface area contributed by atoms with Crippen molar-refractivity contribution < 1.29 is 13.2 Å². The van der Waals surface area contributed by atoms with E-state index in [0.29, 0.717) is 13.1 Å². The van der Waals surface area contributed by atoms with E-state index in [1.807, 2.05) is 28.8 Å². The first-order chi connectivity index (χ1) is 14.0. The highest BCUT2D eigenvalue weighted by Crippen LogP contribution is 2.26. The number of nitrogens with one attached hydrogen (secondary N) is 1. The van der Waals surface area contributed by atoms with Crippen molar-refractivity contribution in [3.63, 3.8) is 0 Å². The second-order valence-electron chi connectivity index (χ2n) is 7.27. The van der Waals surface area contributed by atoms with Gasteiger partial charge in [-0.1, -0.05) is 24.3 Å². The van der Waals surface area contributed by atoms with Gasteiger partial charge in [-0.25, -0.2) is 8.42 Å². The predicted octanol–water partition coefficient (Wildman–Crippen LogP) is 1.80. The van der Waals surface area contributed by atoms with E-state index >= 15 is 0 Å². The SMILES string of the molecule is CC(NS(=O)(=O)c1ccccc1)C(=O)N1CCCC(c2nnc3ccccn23)C1. The van der Waals surface area contributed by atoms with E-state index in [1.54, 1.807) is 30.0 Å². The van der Waals surface area contributed by atoms with Crippen molar-refractivity contribution in [3.8, 4) is 0 Å². The van der Waals surface area contributed by atoms with Crippen molar-refractivity contribution in [2.24, 2.45) is 0 Å². The minimum Gasteiger partial charge on any atom is -0.341 e. The van der Waals surface area contributed by atoms with E-state index < -0.39 is 16.1 Å². The largest absolute Gasteiger partial charge is 0.341 e. The average molecular weight is 414 g/mol. The van der Waals surface area contributed by atoms with Crippen LogP contribution >= 0.6 is 0 Å². The Morgan fingerprint density at radius 2 is 1.90 bits per heavy atom. The van der Waals surface area contributed by atoms with Crippen LogP contribution in [0.4, 0.5) is 0 Å². The van der Waals surface area contributed by atoms with Crippen LogP contribution in [0.5, 0.6) is 0 Å². The van der Waals surface area contributed by atoms with Crippen LogP contribution in [-0.2, 0) is 14.8 Å². The van der Waals surface area contributed by atoms with Crippen LogP contribution in [0.2, 0.25) is 0 Å². The third-order valence-electron chi connectivity index (χ3n) is 5.19. The number of hydrogen-bond donors (Lipinski definition) is 1. The molecule has 1 fully saturated rings. The Balaban J connectivity index is 1.47. The van der Waals surface area contributed by atoms with Crippen LogP contribution < -0.4 is 4.72 Å². The zero-order valence-electron chi connectivity index (χ0n) is 16.1. The number of carbonyl (C=O) groups excluding carboxylic acids is 1. The van der Waals surface area contributed by atoms with E-state index in [-0.39, 0.29) is 16.7 Å². The van der Waals surface area contributed by atoms with E-state index in [0.717, 1.165) is 24.3 Å². The van der Waals surface area contributed by atoms with Crippen LogP contribution in [0.15, 0.2) is 59.6 Å². The van der Waals surface area contributed by atoms with Gasteiger partial charge < -0.3 is 4.90 Å². The van der Waals surface area contributed by atoms with Gasteiger partial charge in [0.1, 0.15) is 5.82 Å². The Morgan fingerprint density at radius 3 is 2.69 bits per heavy atom. The lowest BCUT2D eigenvalue weighted by molar-refractivity contribution is -0.133. The summed E-state index contributed by atoms with van der Waals surface area (Å²) < 4.78 is 29.5. The predicted molar refractivity (Wildman–Crippen MR) is 108 cm³/mol. The van der Waals surface area contributed by atoms with Crippen molar-refractivity contribution >= 4 is 21.6 Å². The third kappa shape index (κ3) is 4.01. The number of nitrogens with zero attached hydrogens (tertiary/aromatic N) is 4. The van der Waals surface area contributed by atoms with Crippen molar-refractivity contribution in [3.05, 3.63) is 60.6 Å². The lowest BCUT2D eigenvalue weighted by atomic mass is 9.96. The lowest BCUT2D eigenvalue weighted by Crippen LogP contribution is -2.49. The van der Waals surface area contributed by atoms with E-state index in [4.69, 9.17) is 0 Å². The number of fused-ring (bicyclic) bond motifs is 1. The number of sulfonamides is 1. The number of piperidine rings is 1. The number of likely N-dealkylation sites (tertiary alicyclic amines) is 1. The first kappa shape index (κ1) is 19.5. The standard InChI is InChI=1S/C20H23N5O3S/c1-15(23-29(27,28)17-9-3-2-4-10-17)20(26)24-12-7-8-16(14-24)19-22-21-18-11-5-6-13-25(18)19/h2-6,9-11,13,15-16,23H,7-8,12,14H2,1H3. The molecule has 0 saturated carbocycles. The maximum atomic E-state index is 12.9. The number of benzene rings is 1. The van der Waals surface area contributed by atoms with E-state index in [2.05, 4.69) is 14.9 Å². The molecular formula is C20H23N5O3S. The lowest BCUT2D eigenvalue weighted by Gasteiger charge is -2.33. The zero-order valence-corrected chi connectivity index (χ0v) is 16.9. The highest BCUT2D eigenvalue weighted by atomic mass is 32.2. The average Bonchev–Trinajstić information content (AvgIpc) is 3.18. The van der Waals surface area contributed by atoms with Crippen molar-refractivity contribution in [2.45, 2.75) is 36.6 Å². The van der Waals surface area contributed by atoms with Gasteiger partial charge in [0, 0.05) is 25.2 Å². The summed E-state index contributed by atoms with van der Waals surface area (Å²) in [5.74, 6) is 0.654. The van der Waals surface area contributed by atoms with Gasteiger partial charge in [0.15, 0.2) is 5.65 Å². The molecule has 4 rings (SSSR count). The molecule has 0 bridgehead atoms. The zero-order chi connectivity index (χ0) is 20.4. The number of carbonyl (C=O) groups is 1. The summed E-state index contributed by atoms with van der Waals surface area (Å²) >= 11 is 0. The smallest absolute Gasteiger partial charge is 0.241 e. The van der Waals surface area contributed by atoms with Crippen LogP contribution in [0.3, 0.4) is 0 Å². The Hall–Kier alpha value is -2.78. The summed E-state index contributed by atoms with van der Waals surface area (Å²) in [6, 6.07) is 12.9. The molecule has 1 N–H and O–H groups in total. The first-order valence-corrected chi connectivity index (χ1v) is 11.1. The minimum absolute atomic E-state index is 0.0584. The number of aromatic nitrogens is 3. The Bertz CT molecular complexity index is 1110. The van der Waals surface area contributed by atoms with E-state index in [9.17, 15) is 13.2 Å².